The summed E-state index contributed by atoms with van der Waals surface area (Å²) in [6.07, 6.45) is 1.76. The maximum absolute atomic E-state index is 13.8. The highest BCUT2D eigenvalue weighted by atomic mass is 19.1. The van der Waals surface area contributed by atoms with E-state index >= 15 is 0 Å². The number of hydrogen-bond donors (Lipinski definition) is 2. The lowest BCUT2D eigenvalue weighted by atomic mass is 9.94. The Bertz CT molecular complexity index is 1770. The summed E-state index contributed by atoms with van der Waals surface area (Å²) in [5.41, 5.74) is 10.9. The van der Waals surface area contributed by atoms with E-state index in [1.54, 1.807) is 41.3 Å². The van der Waals surface area contributed by atoms with Gasteiger partial charge in [-0.1, -0.05) is 12.1 Å². The molecule has 206 valence electrons. The van der Waals surface area contributed by atoms with Gasteiger partial charge in [-0.2, -0.15) is 0 Å². The Labute approximate surface area is 235 Å². The molecule has 1 aliphatic carbocycles. The largest absolute Gasteiger partial charge is 0.455 e. The topological polar surface area (TPSA) is 88.6 Å². The van der Waals surface area contributed by atoms with Crippen LogP contribution in [0.4, 0.5) is 14.5 Å². The number of nitrogens with two attached hydrogens (primary N) is 1. The second-order valence-electron chi connectivity index (χ2n) is 10.1. The number of halogens is 2. The lowest BCUT2D eigenvalue weighted by Crippen LogP contribution is -2.33. The van der Waals surface area contributed by atoms with Crippen LogP contribution in [0.5, 0.6) is 0 Å². The van der Waals surface area contributed by atoms with Gasteiger partial charge in [0.05, 0.1) is 5.56 Å². The van der Waals surface area contributed by atoms with Crippen molar-refractivity contribution < 1.29 is 22.8 Å². The maximum atomic E-state index is 13.8. The molecule has 1 saturated carbocycles. The first-order valence-electron chi connectivity index (χ1n) is 13.3. The Morgan fingerprint density at radius 1 is 0.902 bits per heavy atom. The zero-order valence-electron chi connectivity index (χ0n) is 22.3. The molecular weight excluding hydrogens is 524 g/mol. The normalized spacial score (nSPS) is 12.9. The summed E-state index contributed by atoms with van der Waals surface area (Å²) in [7, 11) is 1.54. The number of nitrogens with one attached hydrogen (secondary N) is 1. The van der Waals surface area contributed by atoms with Crippen molar-refractivity contribution in [1.82, 2.24) is 5.32 Å². The number of anilines is 1. The second kappa shape index (κ2) is 10.6. The van der Waals surface area contributed by atoms with Crippen molar-refractivity contribution in [2.75, 3.05) is 11.9 Å². The highest BCUT2D eigenvalue weighted by Gasteiger charge is 2.34. The number of benzene rings is 4. The first-order valence-corrected chi connectivity index (χ1v) is 13.3. The van der Waals surface area contributed by atoms with E-state index < -0.39 is 5.82 Å². The number of rotatable bonds is 7. The summed E-state index contributed by atoms with van der Waals surface area (Å²) < 4.78 is 33.2. The van der Waals surface area contributed by atoms with Crippen LogP contribution in [0.1, 0.15) is 39.1 Å². The maximum Gasteiger partial charge on any atom is 0.258 e. The van der Waals surface area contributed by atoms with Gasteiger partial charge < -0.3 is 20.4 Å². The molecule has 0 bridgehead atoms. The highest BCUT2D eigenvalue weighted by molar-refractivity contribution is 6.12. The zero-order chi connectivity index (χ0) is 28.7. The molecule has 0 atom stereocenters. The molecule has 6 rings (SSSR count). The molecular formula is C33H27F2N3O3. The molecule has 1 fully saturated rings. The van der Waals surface area contributed by atoms with E-state index in [1.807, 2.05) is 24.3 Å². The fourth-order valence-electron chi connectivity index (χ4n) is 5.14. The smallest absolute Gasteiger partial charge is 0.258 e. The van der Waals surface area contributed by atoms with Crippen molar-refractivity contribution in [2.24, 2.45) is 5.73 Å². The van der Waals surface area contributed by atoms with Crippen molar-refractivity contribution in [3.63, 3.8) is 0 Å². The van der Waals surface area contributed by atoms with Crippen LogP contribution in [0.2, 0.25) is 0 Å². The third kappa shape index (κ3) is 4.98. The van der Waals surface area contributed by atoms with Crippen molar-refractivity contribution in [3.05, 3.63) is 113 Å². The number of carbonyl (C=O) groups is 2. The summed E-state index contributed by atoms with van der Waals surface area (Å²) in [5, 5.41) is 3.24. The van der Waals surface area contributed by atoms with Crippen molar-refractivity contribution >= 4 is 28.5 Å². The minimum atomic E-state index is -0.392. The Morgan fingerprint density at radius 2 is 1.56 bits per heavy atom. The van der Waals surface area contributed by atoms with Gasteiger partial charge in [0.15, 0.2) is 0 Å². The molecule has 4 aromatic carbocycles. The van der Waals surface area contributed by atoms with E-state index in [4.69, 9.17) is 10.2 Å². The molecule has 1 aliphatic rings. The van der Waals surface area contributed by atoms with Crippen LogP contribution in [0, 0.1) is 11.6 Å². The van der Waals surface area contributed by atoms with Crippen molar-refractivity contribution in [1.29, 1.82) is 0 Å². The molecule has 2 amide bonds. The summed E-state index contributed by atoms with van der Waals surface area (Å²) in [6, 6.07) is 22.6. The van der Waals surface area contributed by atoms with E-state index in [9.17, 15) is 18.4 Å². The molecule has 41 heavy (non-hydrogen) atoms. The minimum absolute atomic E-state index is 0.0628. The van der Waals surface area contributed by atoms with Crippen LogP contribution in [0.15, 0.2) is 89.3 Å². The van der Waals surface area contributed by atoms with Gasteiger partial charge in [-0.15, -0.1) is 0 Å². The molecule has 3 N–H and O–H groups in total. The number of amides is 2. The predicted octanol–water partition coefficient (Wildman–Crippen LogP) is 6.67. The second-order valence-corrected chi connectivity index (χ2v) is 10.1. The van der Waals surface area contributed by atoms with Crippen molar-refractivity contribution in [3.8, 4) is 22.5 Å². The van der Waals surface area contributed by atoms with Gasteiger partial charge in [-0.05, 0) is 102 Å². The monoisotopic (exact) mass is 551 g/mol. The fraction of sp³-hybridized carbons (Fsp3) is 0.152. The first-order chi connectivity index (χ1) is 19.9. The van der Waals surface area contributed by atoms with Gasteiger partial charge >= 0.3 is 0 Å². The number of hydrogen-bond acceptors (Lipinski definition) is 4. The van der Waals surface area contributed by atoms with Crippen LogP contribution in [0.25, 0.3) is 33.4 Å². The Morgan fingerprint density at radius 3 is 2.20 bits per heavy atom. The number of furan rings is 1. The SMILES string of the molecule is CNC(=O)c1c(-c2ccc(F)cc2)oc2ccc(-c3cc(C(=O)N(c4ccc(F)cc4)C4CC4)ccc3CN)cc12. The van der Waals surface area contributed by atoms with Crippen LogP contribution in [0.3, 0.4) is 0 Å². The van der Waals surface area contributed by atoms with Gasteiger partial charge in [-0.25, -0.2) is 8.78 Å². The zero-order valence-corrected chi connectivity index (χ0v) is 22.3. The molecule has 1 aromatic heterocycles. The molecule has 0 unspecified atom stereocenters. The quantitative estimate of drug-likeness (QED) is 0.236. The van der Waals surface area contributed by atoms with Crippen molar-refractivity contribution in [2.45, 2.75) is 25.4 Å². The highest BCUT2D eigenvalue weighted by Crippen LogP contribution is 2.38. The van der Waals surface area contributed by atoms with Crippen LogP contribution < -0.4 is 16.0 Å². The Kier molecular flexibility index (Phi) is 6.85. The van der Waals surface area contributed by atoms with Gasteiger partial charge in [0.2, 0.25) is 0 Å². The van der Waals surface area contributed by atoms with Gasteiger partial charge in [0.25, 0.3) is 11.8 Å². The fourth-order valence-corrected chi connectivity index (χ4v) is 5.14. The molecule has 1 heterocycles. The Hall–Kier alpha value is -4.82. The molecule has 5 aromatic rings. The average Bonchev–Trinajstić information content (AvgIpc) is 3.76. The van der Waals surface area contributed by atoms with Gasteiger partial charge in [-0.3, -0.25) is 9.59 Å². The van der Waals surface area contributed by atoms with E-state index in [-0.39, 0.29) is 30.2 Å². The van der Waals surface area contributed by atoms with Gasteiger partial charge in [0.1, 0.15) is 23.0 Å². The summed E-state index contributed by atoms with van der Waals surface area (Å²) in [6.45, 7) is 0.237. The molecule has 0 saturated heterocycles. The van der Waals surface area contributed by atoms with Gasteiger partial charge in [0, 0.05) is 41.8 Å². The predicted molar refractivity (Wildman–Crippen MR) is 155 cm³/mol. The van der Waals surface area contributed by atoms with Crippen LogP contribution >= 0.6 is 0 Å². The Balaban J connectivity index is 1.45. The van der Waals surface area contributed by atoms with Crippen LogP contribution in [-0.4, -0.2) is 24.9 Å². The first kappa shape index (κ1) is 26.4. The summed E-state index contributed by atoms with van der Waals surface area (Å²) >= 11 is 0. The minimum Gasteiger partial charge on any atom is -0.455 e. The number of carbonyl (C=O) groups excluding carboxylic acids is 2. The van der Waals surface area contributed by atoms with Crippen LogP contribution in [-0.2, 0) is 6.54 Å². The standard InChI is InChI=1S/C33H27F2N3O3/c1-37-32(39)30-28-16-20(6-15-29(28)41-31(30)19-4-7-23(34)8-5-19)27-17-21(2-3-22(27)18-36)33(40)38(26-13-14-26)25-11-9-24(35)10-12-25/h2-12,15-17,26H,13-14,18,36H2,1H3,(H,37,39). The summed E-state index contributed by atoms with van der Waals surface area (Å²) in [5.74, 6) is -0.948. The average molecular weight is 552 g/mol. The third-order valence-electron chi connectivity index (χ3n) is 7.37. The third-order valence-corrected chi connectivity index (χ3v) is 7.37. The van der Waals surface area contributed by atoms with E-state index in [2.05, 4.69) is 5.32 Å². The van der Waals surface area contributed by atoms with E-state index in [1.165, 1.54) is 31.3 Å². The lowest BCUT2D eigenvalue weighted by Gasteiger charge is -2.23. The molecule has 0 radical (unpaired) electrons. The molecule has 8 heteroatoms. The van der Waals surface area contributed by atoms with E-state index in [0.29, 0.717) is 39.1 Å². The number of fused-ring (bicyclic) bond motifs is 1. The molecule has 0 spiro atoms. The number of nitrogens with zero attached hydrogens (tertiary/aromatic N) is 1. The summed E-state index contributed by atoms with van der Waals surface area (Å²) in [4.78, 5) is 28.5. The lowest BCUT2D eigenvalue weighted by molar-refractivity contribution is 0.0962. The molecule has 6 nitrogen and oxygen atoms in total. The molecule has 0 aliphatic heterocycles. The van der Waals surface area contributed by atoms with E-state index in [0.717, 1.165) is 29.5 Å².